The highest BCUT2D eigenvalue weighted by Gasteiger charge is 2.13. The average molecular weight is 340 g/mol. The monoisotopic (exact) mass is 339 g/mol. The van der Waals surface area contributed by atoms with Gasteiger partial charge in [-0.2, -0.15) is 0 Å². The number of benzene rings is 2. The molecule has 0 spiro atoms. The number of nitrogens with one attached hydrogen (secondary N) is 1. The third-order valence-electron chi connectivity index (χ3n) is 2.81. The van der Waals surface area contributed by atoms with Gasteiger partial charge in [-0.15, -0.1) is 0 Å². The molecule has 0 aliphatic rings. The van der Waals surface area contributed by atoms with E-state index in [1.165, 1.54) is 0 Å². The van der Waals surface area contributed by atoms with Crippen molar-refractivity contribution in [3.63, 3.8) is 0 Å². The van der Waals surface area contributed by atoms with Crippen LogP contribution in [-0.2, 0) is 16.6 Å². The minimum absolute atomic E-state index is 0.282. The first kappa shape index (κ1) is 14.2. The summed E-state index contributed by atoms with van der Waals surface area (Å²) in [4.78, 5) is 0.282. The van der Waals surface area contributed by atoms with Gasteiger partial charge in [0.15, 0.2) is 0 Å². The van der Waals surface area contributed by atoms with Crippen molar-refractivity contribution in [3.05, 3.63) is 64.1 Å². The van der Waals surface area contributed by atoms with Crippen LogP contribution in [0.25, 0.3) is 0 Å². The molecule has 5 heteroatoms. The van der Waals surface area contributed by atoms with Crippen LogP contribution in [0, 0.1) is 6.92 Å². The van der Waals surface area contributed by atoms with Gasteiger partial charge in [0.05, 0.1) is 4.90 Å². The molecular formula is C14H14BrNO2S. The molecule has 0 aliphatic heterocycles. The SMILES string of the molecule is Cc1cc(Br)ccc1CNS(=O)(=O)c1ccccc1. The molecule has 0 unspecified atom stereocenters. The molecule has 19 heavy (non-hydrogen) atoms. The topological polar surface area (TPSA) is 46.2 Å². The molecule has 100 valence electrons. The highest BCUT2D eigenvalue weighted by atomic mass is 79.9. The van der Waals surface area contributed by atoms with Crippen molar-refractivity contribution < 1.29 is 8.42 Å². The first-order valence-corrected chi connectivity index (χ1v) is 8.06. The van der Waals surface area contributed by atoms with Crippen LogP contribution in [0.2, 0.25) is 0 Å². The van der Waals surface area contributed by atoms with E-state index in [2.05, 4.69) is 20.7 Å². The quantitative estimate of drug-likeness (QED) is 0.929. The van der Waals surface area contributed by atoms with Crippen LogP contribution < -0.4 is 4.72 Å². The summed E-state index contributed by atoms with van der Waals surface area (Å²) < 4.78 is 27.7. The Morgan fingerprint density at radius 1 is 1.11 bits per heavy atom. The highest BCUT2D eigenvalue weighted by molar-refractivity contribution is 9.10. The molecule has 0 aliphatic carbocycles. The molecule has 0 fully saturated rings. The molecule has 3 nitrogen and oxygen atoms in total. The van der Waals surface area contributed by atoms with Crippen LogP contribution in [0.5, 0.6) is 0 Å². The minimum atomic E-state index is -3.45. The van der Waals surface area contributed by atoms with Crippen molar-refractivity contribution in [1.82, 2.24) is 4.72 Å². The maximum Gasteiger partial charge on any atom is 0.240 e. The fourth-order valence-corrected chi connectivity index (χ4v) is 3.22. The Kier molecular flexibility index (Phi) is 4.39. The molecule has 0 saturated heterocycles. The molecule has 0 amide bonds. The fourth-order valence-electron chi connectivity index (χ4n) is 1.71. The van der Waals surface area contributed by atoms with E-state index in [-0.39, 0.29) is 11.4 Å². The van der Waals surface area contributed by atoms with E-state index in [1.54, 1.807) is 30.3 Å². The van der Waals surface area contributed by atoms with Crippen molar-refractivity contribution in [2.45, 2.75) is 18.4 Å². The van der Waals surface area contributed by atoms with Gasteiger partial charge in [0.2, 0.25) is 10.0 Å². The lowest BCUT2D eigenvalue weighted by Crippen LogP contribution is -2.23. The number of halogens is 1. The van der Waals surface area contributed by atoms with Crippen molar-refractivity contribution in [2.24, 2.45) is 0 Å². The van der Waals surface area contributed by atoms with Crippen molar-refractivity contribution in [3.8, 4) is 0 Å². The second kappa shape index (κ2) is 5.86. The van der Waals surface area contributed by atoms with E-state index in [0.717, 1.165) is 15.6 Å². The number of hydrogen-bond donors (Lipinski definition) is 1. The van der Waals surface area contributed by atoms with E-state index in [9.17, 15) is 8.42 Å². The summed E-state index contributed by atoms with van der Waals surface area (Å²) in [6, 6.07) is 14.1. The van der Waals surface area contributed by atoms with Crippen LogP contribution in [0.1, 0.15) is 11.1 Å². The number of sulfonamides is 1. The highest BCUT2D eigenvalue weighted by Crippen LogP contribution is 2.16. The Morgan fingerprint density at radius 2 is 1.79 bits per heavy atom. The Bertz CT molecular complexity index is 669. The summed E-state index contributed by atoms with van der Waals surface area (Å²) in [7, 11) is -3.45. The first-order valence-electron chi connectivity index (χ1n) is 5.79. The van der Waals surface area contributed by atoms with E-state index in [4.69, 9.17) is 0 Å². The molecule has 0 bridgehead atoms. The minimum Gasteiger partial charge on any atom is -0.207 e. The average Bonchev–Trinajstić information content (AvgIpc) is 2.39. The predicted octanol–water partition coefficient (Wildman–Crippen LogP) is 3.24. The van der Waals surface area contributed by atoms with Crippen molar-refractivity contribution >= 4 is 26.0 Å². The normalized spacial score (nSPS) is 11.5. The smallest absolute Gasteiger partial charge is 0.207 e. The largest absolute Gasteiger partial charge is 0.240 e. The molecule has 0 radical (unpaired) electrons. The van der Waals surface area contributed by atoms with Gasteiger partial charge in [-0.25, -0.2) is 13.1 Å². The summed E-state index contributed by atoms with van der Waals surface area (Å²) in [6.07, 6.45) is 0. The van der Waals surface area contributed by atoms with Gasteiger partial charge >= 0.3 is 0 Å². The predicted molar refractivity (Wildman–Crippen MR) is 79.3 cm³/mol. The molecular weight excluding hydrogens is 326 g/mol. The summed E-state index contributed by atoms with van der Waals surface area (Å²) in [5.74, 6) is 0. The maximum atomic E-state index is 12.1. The molecule has 1 N–H and O–H groups in total. The standard InChI is InChI=1S/C14H14BrNO2S/c1-11-9-13(15)8-7-12(11)10-16-19(17,18)14-5-3-2-4-6-14/h2-9,16H,10H2,1H3. The molecule has 0 aromatic heterocycles. The lowest BCUT2D eigenvalue weighted by Gasteiger charge is -2.09. The van der Waals surface area contributed by atoms with Gasteiger partial charge in [-0.3, -0.25) is 0 Å². The molecule has 2 aromatic carbocycles. The molecule has 2 aromatic rings. The summed E-state index contributed by atoms with van der Waals surface area (Å²) in [5, 5.41) is 0. The van der Waals surface area contributed by atoms with E-state index < -0.39 is 10.0 Å². The Labute approximate surface area is 121 Å². The van der Waals surface area contributed by atoms with Gasteiger partial charge in [0.1, 0.15) is 0 Å². The zero-order chi connectivity index (χ0) is 13.9. The van der Waals surface area contributed by atoms with Crippen LogP contribution in [0.15, 0.2) is 57.9 Å². The second-order valence-corrected chi connectivity index (χ2v) is 6.89. The zero-order valence-corrected chi connectivity index (χ0v) is 12.8. The maximum absolute atomic E-state index is 12.1. The van der Waals surface area contributed by atoms with Crippen molar-refractivity contribution in [2.75, 3.05) is 0 Å². The Hall–Kier alpha value is -1.17. The van der Waals surface area contributed by atoms with Gasteiger partial charge < -0.3 is 0 Å². The third kappa shape index (κ3) is 3.65. The second-order valence-electron chi connectivity index (χ2n) is 4.21. The summed E-state index contributed by atoms with van der Waals surface area (Å²) in [5.41, 5.74) is 2.01. The van der Waals surface area contributed by atoms with Crippen LogP contribution in [0.4, 0.5) is 0 Å². The van der Waals surface area contributed by atoms with Crippen LogP contribution in [-0.4, -0.2) is 8.42 Å². The Morgan fingerprint density at radius 3 is 2.42 bits per heavy atom. The summed E-state index contributed by atoms with van der Waals surface area (Å²) in [6.45, 7) is 2.24. The lowest BCUT2D eigenvalue weighted by atomic mass is 10.1. The Balaban J connectivity index is 2.14. The molecule has 2 rings (SSSR count). The van der Waals surface area contributed by atoms with Gasteiger partial charge in [-0.05, 0) is 42.3 Å². The third-order valence-corrected chi connectivity index (χ3v) is 4.72. The fraction of sp³-hybridized carbons (Fsp3) is 0.143. The van der Waals surface area contributed by atoms with Crippen LogP contribution >= 0.6 is 15.9 Å². The van der Waals surface area contributed by atoms with Gasteiger partial charge in [-0.1, -0.05) is 40.2 Å². The molecule has 0 heterocycles. The summed E-state index contributed by atoms with van der Waals surface area (Å²) >= 11 is 3.38. The van der Waals surface area contributed by atoms with Gasteiger partial charge in [0.25, 0.3) is 0 Å². The molecule has 0 atom stereocenters. The molecule has 0 saturated carbocycles. The van der Waals surface area contributed by atoms with Crippen molar-refractivity contribution in [1.29, 1.82) is 0 Å². The lowest BCUT2D eigenvalue weighted by molar-refractivity contribution is 0.581. The van der Waals surface area contributed by atoms with E-state index in [1.807, 2.05) is 25.1 Å². The zero-order valence-electron chi connectivity index (χ0n) is 10.4. The van der Waals surface area contributed by atoms with E-state index >= 15 is 0 Å². The number of hydrogen-bond acceptors (Lipinski definition) is 2. The number of aryl methyl sites for hydroxylation is 1. The van der Waals surface area contributed by atoms with Gasteiger partial charge in [0, 0.05) is 11.0 Å². The van der Waals surface area contributed by atoms with E-state index in [0.29, 0.717) is 0 Å². The number of rotatable bonds is 4. The van der Waals surface area contributed by atoms with Crippen LogP contribution in [0.3, 0.4) is 0 Å². The first-order chi connectivity index (χ1) is 8.99.